The minimum Gasteiger partial charge on any atom is -0.276 e. The van der Waals surface area contributed by atoms with Gasteiger partial charge in [0.1, 0.15) is 5.69 Å². The molecule has 0 aliphatic rings. The van der Waals surface area contributed by atoms with Crippen molar-refractivity contribution in [2.24, 2.45) is 0 Å². The maximum absolute atomic E-state index is 10.8. The van der Waals surface area contributed by atoms with Gasteiger partial charge in [0.25, 0.3) is 5.24 Å². The third-order valence-corrected chi connectivity index (χ3v) is 1.55. The molecule has 0 aromatic heterocycles. The van der Waals surface area contributed by atoms with Crippen LogP contribution >= 0.6 is 11.6 Å². The first-order valence-corrected chi connectivity index (χ1v) is 3.69. The van der Waals surface area contributed by atoms with Gasteiger partial charge in [0, 0.05) is 0 Å². The van der Waals surface area contributed by atoms with E-state index in [0.717, 1.165) is 0 Å². The van der Waals surface area contributed by atoms with Gasteiger partial charge in [0.05, 0.1) is 5.56 Å². The summed E-state index contributed by atoms with van der Waals surface area (Å²) in [5.74, 6) is 0. The molecule has 1 aromatic carbocycles. The molecule has 68 valence electrons. The molecule has 1 aromatic rings. The van der Waals surface area contributed by atoms with Gasteiger partial charge in [0.2, 0.25) is 0 Å². The van der Waals surface area contributed by atoms with E-state index in [1.54, 1.807) is 12.1 Å². The number of rotatable bonds is 3. The van der Waals surface area contributed by atoms with Crippen LogP contribution in [0.2, 0.25) is 0 Å². The van der Waals surface area contributed by atoms with Crippen LogP contribution in [0, 0.1) is 10.1 Å². The Morgan fingerprint density at radius 1 is 1.46 bits per heavy atom. The number of halogens is 1. The van der Waals surface area contributed by atoms with Crippen LogP contribution in [-0.4, -0.2) is 10.3 Å². The summed E-state index contributed by atoms with van der Waals surface area (Å²) in [4.78, 5) is 20.8. The molecule has 0 radical (unpaired) electrons. The fourth-order valence-electron chi connectivity index (χ4n) is 0.850. The lowest BCUT2D eigenvalue weighted by molar-refractivity contribution is -0.445. The second kappa shape index (κ2) is 3.86. The molecule has 1 rings (SSSR count). The van der Waals surface area contributed by atoms with Crippen LogP contribution < -0.4 is 5.43 Å². The standard InChI is InChI=1S/C7H5ClN2O3/c8-7(11)5-3-1-2-4-6(5)9-10(12)13/h1-4,9H. The highest BCUT2D eigenvalue weighted by atomic mass is 35.5. The largest absolute Gasteiger partial charge is 0.276 e. The van der Waals surface area contributed by atoms with Gasteiger partial charge in [-0.2, -0.15) is 0 Å². The summed E-state index contributed by atoms with van der Waals surface area (Å²) < 4.78 is 0. The van der Waals surface area contributed by atoms with Crippen LogP contribution in [-0.2, 0) is 0 Å². The second-order valence-corrected chi connectivity index (χ2v) is 2.53. The summed E-state index contributed by atoms with van der Waals surface area (Å²) >= 11 is 5.19. The Balaban J connectivity index is 3.04. The SMILES string of the molecule is O=C(Cl)c1ccccc1N[N+](=O)[O-]. The predicted molar refractivity (Wildman–Crippen MR) is 47.2 cm³/mol. The lowest BCUT2D eigenvalue weighted by Crippen LogP contribution is -2.10. The van der Waals surface area contributed by atoms with Crippen molar-refractivity contribution in [3.63, 3.8) is 0 Å². The molecule has 0 saturated heterocycles. The summed E-state index contributed by atoms with van der Waals surface area (Å²) in [6.07, 6.45) is 0. The Kier molecular flexibility index (Phi) is 2.81. The first kappa shape index (κ1) is 9.47. The lowest BCUT2D eigenvalue weighted by atomic mass is 10.2. The third kappa shape index (κ3) is 2.41. The Hall–Kier alpha value is -1.62. The number of hydrazine groups is 1. The lowest BCUT2D eigenvalue weighted by Gasteiger charge is -2.00. The summed E-state index contributed by atoms with van der Waals surface area (Å²) in [6, 6.07) is 5.94. The second-order valence-electron chi connectivity index (χ2n) is 2.19. The fourth-order valence-corrected chi connectivity index (χ4v) is 1.02. The molecule has 0 atom stereocenters. The Bertz CT molecular complexity index is 353. The van der Waals surface area contributed by atoms with Gasteiger partial charge in [-0.3, -0.25) is 4.79 Å². The normalized spacial score (nSPS) is 9.31. The monoisotopic (exact) mass is 200 g/mol. The van der Waals surface area contributed by atoms with Crippen LogP contribution in [0.5, 0.6) is 0 Å². The number of carbonyl (C=O) groups excluding carboxylic acids is 1. The van der Waals surface area contributed by atoms with Crippen molar-refractivity contribution >= 4 is 22.5 Å². The van der Waals surface area contributed by atoms with Crippen molar-refractivity contribution in [2.45, 2.75) is 0 Å². The Morgan fingerprint density at radius 2 is 2.08 bits per heavy atom. The zero-order chi connectivity index (χ0) is 9.84. The molecule has 5 nitrogen and oxygen atoms in total. The number of anilines is 1. The molecule has 0 aliphatic heterocycles. The topological polar surface area (TPSA) is 72.2 Å². The van der Waals surface area contributed by atoms with Gasteiger partial charge >= 0.3 is 0 Å². The Labute approximate surface area is 78.4 Å². The molecule has 0 fully saturated rings. The summed E-state index contributed by atoms with van der Waals surface area (Å²) in [7, 11) is 0. The van der Waals surface area contributed by atoms with Gasteiger partial charge in [-0.25, -0.2) is 10.1 Å². The molecule has 0 spiro atoms. The van der Waals surface area contributed by atoms with Gasteiger partial charge in [-0.1, -0.05) is 12.1 Å². The van der Waals surface area contributed by atoms with E-state index in [-0.39, 0.29) is 11.3 Å². The molecule has 0 unspecified atom stereocenters. The molecule has 0 heterocycles. The smallest absolute Gasteiger partial charge is 0.254 e. The molecule has 0 bridgehead atoms. The first-order chi connectivity index (χ1) is 6.11. The molecule has 0 amide bonds. The highest BCUT2D eigenvalue weighted by Gasteiger charge is 2.10. The molecule has 13 heavy (non-hydrogen) atoms. The zero-order valence-electron chi connectivity index (χ0n) is 6.36. The van der Waals surface area contributed by atoms with Crippen LogP contribution in [0.4, 0.5) is 5.69 Å². The molecule has 1 N–H and O–H groups in total. The van der Waals surface area contributed by atoms with Crippen molar-refractivity contribution in [1.82, 2.24) is 0 Å². The minimum absolute atomic E-state index is 0.0841. The number of nitro groups is 1. The van der Waals surface area contributed by atoms with E-state index in [1.165, 1.54) is 12.1 Å². The number of hydrogen-bond donors (Lipinski definition) is 1. The fraction of sp³-hybridized carbons (Fsp3) is 0. The van der Waals surface area contributed by atoms with E-state index >= 15 is 0 Å². The number of hydrogen-bond acceptors (Lipinski definition) is 3. The summed E-state index contributed by atoms with van der Waals surface area (Å²) in [5.41, 5.74) is 2.05. The number of carbonyl (C=O) groups is 1. The molecule has 6 heteroatoms. The third-order valence-electron chi connectivity index (χ3n) is 1.35. The van der Waals surface area contributed by atoms with E-state index in [2.05, 4.69) is 0 Å². The highest BCUT2D eigenvalue weighted by molar-refractivity contribution is 6.68. The van der Waals surface area contributed by atoms with E-state index < -0.39 is 10.3 Å². The van der Waals surface area contributed by atoms with Gasteiger partial charge in [0.15, 0.2) is 5.03 Å². The van der Waals surface area contributed by atoms with E-state index in [9.17, 15) is 14.9 Å². The van der Waals surface area contributed by atoms with Crippen molar-refractivity contribution in [3.8, 4) is 0 Å². The number of benzene rings is 1. The average molecular weight is 201 g/mol. The van der Waals surface area contributed by atoms with Crippen LogP contribution in [0.25, 0.3) is 0 Å². The van der Waals surface area contributed by atoms with Crippen LogP contribution in [0.1, 0.15) is 10.4 Å². The van der Waals surface area contributed by atoms with Crippen molar-refractivity contribution in [2.75, 3.05) is 5.43 Å². The van der Waals surface area contributed by atoms with E-state index in [4.69, 9.17) is 11.6 Å². The van der Waals surface area contributed by atoms with Crippen LogP contribution in [0.15, 0.2) is 24.3 Å². The quantitative estimate of drug-likeness (QED) is 0.458. The zero-order valence-corrected chi connectivity index (χ0v) is 7.12. The van der Waals surface area contributed by atoms with Gasteiger partial charge in [-0.05, 0) is 23.7 Å². The molecule has 0 aliphatic carbocycles. The molecule has 0 saturated carbocycles. The number of nitrogens with one attached hydrogen (secondary N) is 1. The Morgan fingerprint density at radius 3 is 2.62 bits per heavy atom. The summed E-state index contributed by atoms with van der Waals surface area (Å²) in [5, 5.41) is 8.60. The van der Waals surface area contributed by atoms with Gasteiger partial charge in [-0.15, -0.1) is 5.43 Å². The predicted octanol–water partition coefficient (Wildman–Crippen LogP) is 1.67. The highest BCUT2D eigenvalue weighted by Crippen LogP contribution is 2.16. The maximum Gasteiger partial charge on any atom is 0.254 e. The van der Waals surface area contributed by atoms with Gasteiger partial charge < -0.3 is 0 Å². The average Bonchev–Trinajstić information content (AvgIpc) is 2.03. The first-order valence-electron chi connectivity index (χ1n) is 3.31. The maximum atomic E-state index is 10.8. The number of nitrogens with zero attached hydrogens (tertiary/aromatic N) is 1. The van der Waals surface area contributed by atoms with E-state index in [0.29, 0.717) is 0 Å². The van der Waals surface area contributed by atoms with Crippen molar-refractivity contribution in [3.05, 3.63) is 39.9 Å². The molecular formula is C7H5ClN2O3. The van der Waals surface area contributed by atoms with Crippen LogP contribution in [0.3, 0.4) is 0 Å². The van der Waals surface area contributed by atoms with Crippen molar-refractivity contribution in [1.29, 1.82) is 0 Å². The minimum atomic E-state index is -0.751. The van der Waals surface area contributed by atoms with E-state index in [1.807, 2.05) is 5.43 Å². The summed E-state index contributed by atoms with van der Waals surface area (Å²) in [6.45, 7) is 0. The molecular weight excluding hydrogens is 196 g/mol. The van der Waals surface area contributed by atoms with Crippen molar-refractivity contribution < 1.29 is 9.83 Å². The number of para-hydroxylation sites is 1.